The molecule has 6 heteroatoms. The molecule has 1 aliphatic heterocycles. The van der Waals surface area contributed by atoms with Gasteiger partial charge in [0, 0.05) is 19.3 Å². The van der Waals surface area contributed by atoms with Gasteiger partial charge in [-0.25, -0.2) is 4.52 Å². The van der Waals surface area contributed by atoms with Crippen molar-refractivity contribution in [2.45, 2.75) is 19.8 Å². The van der Waals surface area contributed by atoms with Gasteiger partial charge in [0.1, 0.15) is 0 Å². The van der Waals surface area contributed by atoms with E-state index in [-0.39, 0.29) is 0 Å². The zero-order valence-corrected chi connectivity index (χ0v) is 13.3. The van der Waals surface area contributed by atoms with E-state index in [1.54, 1.807) is 4.52 Å². The first-order valence-corrected chi connectivity index (χ1v) is 7.99. The molecule has 5 nitrogen and oxygen atoms in total. The highest BCUT2D eigenvalue weighted by Gasteiger charge is 2.15. The fourth-order valence-electron chi connectivity index (χ4n) is 2.68. The zero-order valence-electron chi connectivity index (χ0n) is 11.7. The lowest BCUT2D eigenvalue weighted by Crippen LogP contribution is -2.29. The Morgan fingerprint density at radius 2 is 2.20 bits per heavy atom. The number of rotatable bonds is 5. The Labute approximate surface area is 127 Å². The zero-order chi connectivity index (χ0) is 13.9. The third-order valence-electron chi connectivity index (χ3n) is 3.69. The van der Waals surface area contributed by atoms with Crippen molar-refractivity contribution in [3.8, 4) is 0 Å². The van der Waals surface area contributed by atoms with Crippen LogP contribution in [0.15, 0.2) is 22.8 Å². The van der Waals surface area contributed by atoms with E-state index < -0.39 is 0 Å². The van der Waals surface area contributed by atoms with Gasteiger partial charge in [0.25, 0.3) is 0 Å². The standard InChI is InChI=1S/C14H20BrN5/c1-11(10-19-6-2-3-7-19)9-16-14-17-13-12(15)5-4-8-20(13)18-14/h4-5,8,11H,2-3,6-7,9-10H2,1H3,(H,16,18). The quantitative estimate of drug-likeness (QED) is 0.910. The molecule has 0 saturated carbocycles. The summed E-state index contributed by atoms with van der Waals surface area (Å²) in [6.07, 6.45) is 4.61. The average Bonchev–Trinajstić information content (AvgIpc) is 3.06. The summed E-state index contributed by atoms with van der Waals surface area (Å²) in [5.41, 5.74) is 0.849. The number of likely N-dealkylation sites (tertiary alicyclic amines) is 1. The maximum atomic E-state index is 4.50. The van der Waals surface area contributed by atoms with Crippen molar-refractivity contribution in [2.24, 2.45) is 5.92 Å². The summed E-state index contributed by atoms with van der Waals surface area (Å²) in [6.45, 7) is 6.85. The van der Waals surface area contributed by atoms with Crippen molar-refractivity contribution in [1.82, 2.24) is 19.5 Å². The second kappa shape index (κ2) is 6.10. The lowest BCUT2D eigenvalue weighted by Gasteiger charge is -2.20. The highest BCUT2D eigenvalue weighted by atomic mass is 79.9. The van der Waals surface area contributed by atoms with Crippen molar-refractivity contribution < 1.29 is 0 Å². The molecule has 1 aliphatic rings. The molecule has 1 N–H and O–H groups in total. The van der Waals surface area contributed by atoms with E-state index in [2.05, 4.69) is 43.2 Å². The number of fused-ring (bicyclic) bond motifs is 1. The van der Waals surface area contributed by atoms with Crippen molar-refractivity contribution in [3.63, 3.8) is 0 Å². The van der Waals surface area contributed by atoms with E-state index in [0.717, 1.165) is 23.2 Å². The summed E-state index contributed by atoms with van der Waals surface area (Å²) < 4.78 is 2.75. The lowest BCUT2D eigenvalue weighted by atomic mass is 10.1. The van der Waals surface area contributed by atoms with Crippen LogP contribution >= 0.6 is 15.9 Å². The Bertz CT molecular complexity index is 576. The van der Waals surface area contributed by atoms with Gasteiger partial charge in [-0.05, 0) is 59.9 Å². The van der Waals surface area contributed by atoms with E-state index in [9.17, 15) is 0 Å². The Morgan fingerprint density at radius 1 is 1.40 bits per heavy atom. The normalized spacial score (nSPS) is 17.7. The van der Waals surface area contributed by atoms with E-state index in [1.165, 1.54) is 25.9 Å². The Kier molecular flexibility index (Phi) is 4.21. The fourth-order valence-corrected chi connectivity index (χ4v) is 3.11. The van der Waals surface area contributed by atoms with Gasteiger partial charge in [-0.3, -0.25) is 0 Å². The first kappa shape index (κ1) is 13.8. The SMILES string of the molecule is CC(CNc1nc2c(Br)cccn2n1)CN1CCCC1. The number of halogens is 1. The van der Waals surface area contributed by atoms with E-state index in [1.807, 2.05) is 18.3 Å². The van der Waals surface area contributed by atoms with E-state index >= 15 is 0 Å². The van der Waals surface area contributed by atoms with Crippen molar-refractivity contribution in [1.29, 1.82) is 0 Å². The Balaban J connectivity index is 1.57. The highest BCUT2D eigenvalue weighted by Crippen LogP contribution is 2.17. The second-order valence-corrected chi connectivity index (χ2v) is 6.41. The van der Waals surface area contributed by atoms with Gasteiger partial charge in [0.2, 0.25) is 5.95 Å². The lowest BCUT2D eigenvalue weighted by molar-refractivity contribution is 0.294. The average molecular weight is 338 g/mol. The number of nitrogens with zero attached hydrogens (tertiary/aromatic N) is 4. The molecule has 2 aromatic heterocycles. The third kappa shape index (κ3) is 3.12. The summed E-state index contributed by atoms with van der Waals surface area (Å²) in [5, 5.41) is 7.77. The van der Waals surface area contributed by atoms with Crippen LogP contribution in [-0.2, 0) is 0 Å². The molecule has 1 unspecified atom stereocenters. The molecule has 108 valence electrons. The number of anilines is 1. The van der Waals surface area contributed by atoms with Gasteiger partial charge >= 0.3 is 0 Å². The Morgan fingerprint density at radius 3 is 2.95 bits per heavy atom. The van der Waals surface area contributed by atoms with Crippen LogP contribution in [0.2, 0.25) is 0 Å². The van der Waals surface area contributed by atoms with Crippen LogP contribution in [0, 0.1) is 5.92 Å². The summed E-state index contributed by atoms with van der Waals surface area (Å²) in [4.78, 5) is 7.04. The Hall–Kier alpha value is -1.14. The summed E-state index contributed by atoms with van der Waals surface area (Å²) >= 11 is 3.49. The van der Waals surface area contributed by atoms with Crippen LogP contribution in [0.4, 0.5) is 5.95 Å². The highest BCUT2D eigenvalue weighted by molar-refractivity contribution is 9.10. The smallest absolute Gasteiger partial charge is 0.243 e. The molecule has 1 fully saturated rings. The predicted molar refractivity (Wildman–Crippen MR) is 84.0 cm³/mol. The minimum absolute atomic E-state index is 0.600. The predicted octanol–water partition coefficient (Wildman–Crippen LogP) is 2.64. The summed E-state index contributed by atoms with van der Waals surface area (Å²) in [6, 6.07) is 3.93. The van der Waals surface area contributed by atoms with Crippen molar-refractivity contribution >= 4 is 27.5 Å². The molecular formula is C14H20BrN5. The van der Waals surface area contributed by atoms with Gasteiger partial charge in [-0.1, -0.05) is 6.92 Å². The topological polar surface area (TPSA) is 45.5 Å². The van der Waals surface area contributed by atoms with Crippen LogP contribution in [0.5, 0.6) is 0 Å². The number of aromatic nitrogens is 3. The maximum Gasteiger partial charge on any atom is 0.243 e. The summed E-state index contributed by atoms with van der Waals surface area (Å²) in [5.74, 6) is 1.30. The molecule has 20 heavy (non-hydrogen) atoms. The van der Waals surface area contributed by atoms with Gasteiger partial charge in [-0.15, -0.1) is 5.10 Å². The molecule has 1 atom stereocenters. The first-order valence-electron chi connectivity index (χ1n) is 7.19. The van der Waals surface area contributed by atoms with Crippen molar-refractivity contribution in [3.05, 3.63) is 22.8 Å². The van der Waals surface area contributed by atoms with Crippen LogP contribution in [0.1, 0.15) is 19.8 Å². The molecule has 0 radical (unpaired) electrons. The minimum Gasteiger partial charge on any atom is -0.353 e. The first-order chi connectivity index (χ1) is 9.72. The van der Waals surface area contributed by atoms with Gasteiger partial charge in [0.15, 0.2) is 5.65 Å². The van der Waals surface area contributed by atoms with Crippen LogP contribution in [-0.4, -0.2) is 45.7 Å². The number of pyridine rings is 1. The van der Waals surface area contributed by atoms with Crippen LogP contribution < -0.4 is 5.32 Å². The molecular weight excluding hydrogens is 318 g/mol. The number of nitrogens with one attached hydrogen (secondary N) is 1. The molecule has 2 aromatic rings. The second-order valence-electron chi connectivity index (χ2n) is 5.55. The fraction of sp³-hybridized carbons (Fsp3) is 0.571. The summed E-state index contributed by atoms with van der Waals surface area (Å²) in [7, 11) is 0. The van der Waals surface area contributed by atoms with E-state index in [4.69, 9.17) is 0 Å². The third-order valence-corrected chi connectivity index (χ3v) is 4.31. The van der Waals surface area contributed by atoms with Crippen LogP contribution in [0.3, 0.4) is 0 Å². The molecule has 0 amide bonds. The molecule has 0 bridgehead atoms. The maximum absolute atomic E-state index is 4.50. The monoisotopic (exact) mass is 337 g/mol. The van der Waals surface area contributed by atoms with E-state index in [0.29, 0.717) is 11.9 Å². The van der Waals surface area contributed by atoms with Gasteiger partial charge < -0.3 is 10.2 Å². The number of hydrogen-bond donors (Lipinski definition) is 1. The number of hydrogen-bond acceptors (Lipinski definition) is 4. The van der Waals surface area contributed by atoms with Crippen molar-refractivity contribution in [2.75, 3.05) is 31.5 Å². The van der Waals surface area contributed by atoms with Gasteiger partial charge in [-0.2, -0.15) is 4.98 Å². The molecule has 0 aromatic carbocycles. The minimum atomic E-state index is 0.600. The molecule has 1 saturated heterocycles. The molecule has 0 spiro atoms. The molecule has 0 aliphatic carbocycles. The largest absolute Gasteiger partial charge is 0.353 e. The van der Waals surface area contributed by atoms with Gasteiger partial charge in [0.05, 0.1) is 4.47 Å². The molecule has 3 rings (SSSR count). The molecule has 3 heterocycles. The van der Waals surface area contributed by atoms with Crippen LogP contribution in [0.25, 0.3) is 5.65 Å².